The third-order valence-corrected chi connectivity index (χ3v) is 4.71. The number of imidazole rings is 1. The summed E-state index contributed by atoms with van der Waals surface area (Å²) in [6.45, 7) is 2.13. The summed E-state index contributed by atoms with van der Waals surface area (Å²) in [6.07, 6.45) is 2.73. The van der Waals surface area contributed by atoms with E-state index in [0.717, 1.165) is 28.3 Å². The highest BCUT2D eigenvalue weighted by atomic mass is 35.5. The molecule has 6 heteroatoms. The molecule has 0 fully saturated rings. The van der Waals surface area contributed by atoms with E-state index in [2.05, 4.69) is 21.5 Å². The van der Waals surface area contributed by atoms with Crippen molar-refractivity contribution in [2.45, 2.75) is 25.3 Å². The van der Waals surface area contributed by atoms with Gasteiger partial charge in [-0.1, -0.05) is 24.6 Å². The quantitative estimate of drug-likeness (QED) is 0.640. The largest absolute Gasteiger partial charge is 0.316 e. The zero-order valence-corrected chi connectivity index (χ0v) is 13.2. The van der Waals surface area contributed by atoms with Crippen LogP contribution in [0.5, 0.6) is 0 Å². The highest BCUT2D eigenvalue weighted by molar-refractivity contribution is 7.09. The van der Waals surface area contributed by atoms with Gasteiger partial charge in [0.05, 0.1) is 28.0 Å². The van der Waals surface area contributed by atoms with Crippen LogP contribution in [-0.4, -0.2) is 14.5 Å². The summed E-state index contributed by atoms with van der Waals surface area (Å²) in [5, 5.41) is 3.73. The fourth-order valence-corrected chi connectivity index (χ4v) is 3.71. The van der Waals surface area contributed by atoms with Gasteiger partial charge in [0.25, 0.3) is 0 Å². The number of para-hydroxylation sites is 1. The Labute approximate surface area is 131 Å². The summed E-state index contributed by atoms with van der Waals surface area (Å²) >= 11 is 14.1. The predicted molar refractivity (Wildman–Crippen MR) is 84.8 cm³/mol. The second-order valence-corrected chi connectivity index (χ2v) is 6.03. The number of thiazole rings is 1. The van der Waals surface area contributed by atoms with Gasteiger partial charge in [0, 0.05) is 11.6 Å². The number of nitrogens with zero attached hydrogens (tertiary/aromatic N) is 3. The molecule has 3 rings (SSSR count). The second-order valence-electron chi connectivity index (χ2n) is 4.43. The van der Waals surface area contributed by atoms with Gasteiger partial charge in [-0.15, -0.1) is 22.9 Å². The lowest BCUT2D eigenvalue weighted by Crippen LogP contribution is -2.12. The molecule has 20 heavy (non-hydrogen) atoms. The van der Waals surface area contributed by atoms with E-state index in [-0.39, 0.29) is 6.04 Å². The lowest BCUT2D eigenvalue weighted by atomic mass is 10.2. The minimum Gasteiger partial charge on any atom is -0.316 e. The summed E-state index contributed by atoms with van der Waals surface area (Å²) in [6, 6.07) is 5.87. The first-order valence-electron chi connectivity index (χ1n) is 6.37. The molecule has 0 saturated carbocycles. The van der Waals surface area contributed by atoms with Crippen LogP contribution in [0.25, 0.3) is 11.0 Å². The van der Waals surface area contributed by atoms with Crippen molar-refractivity contribution < 1.29 is 0 Å². The summed E-state index contributed by atoms with van der Waals surface area (Å²) in [5.41, 5.74) is 1.81. The standard InChI is InChI=1S/C14H13Cl2N3S/c1-2-11(14-17-6-7-20-14)19-12(8-15)18-10-5-3-4-9(16)13(10)19/h3-7,11H,2,8H2,1H3. The Kier molecular flexibility index (Phi) is 3.96. The Hall–Kier alpha value is -1.10. The molecule has 0 saturated heterocycles. The molecule has 0 radical (unpaired) electrons. The van der Waals surface area contributed by atoms with E-state index in [1.807, 2.05) is 29.8 Å². The van der Waals surface area contributed by atoms with Crippen LogP contribution in [-0.2, 0) is 5.88 Å². The van der Waals surface area contributed by atoms with Crippen LogP contribution < -0.4 is 0 Å². The van der Waals surface area contributed by atoms with Crippen LogP contribution in [0.15, 0.2) is 29.8 Å². The van der Waals surface area contributed by atoms with Gasteiger partial charge in [-0.3, -0.25) is 0 Å². The molecule has 1 aromatic carbocycles. The minimum atomic E-state index is 0.119. The molecule has 0 aliphatic rings. The van der Waals surface area contributed by atoms with Gasteiger partial charge in [-0.2, -0.15) is 0 Å². The van der Waals surface area contributed by atoms with Crippen LogP contribution in [0.3, 0.4) is 0 Å². The molecular weight excluding hydrogens is 313 g/mol. The van der Waals surface area contributed by atoms with E-state index in [1.54, 1.807) is 11.3 Å². The molecule has 104 valence electrons. The number of hydrogen-bond acceptors (Lipinski definition) is 3. The van der Waals surface area contributed by atoms with Gasteiger partial charge >= 0.3 is 0 Å². The molecule has 0 aliphatic carbocycles. The van der Waals surface area contributed by atoms with Crippen LogP contribution in [0.2, 0.25) is 5.02 Å². The fraction of sp³-hybridized carbons (Fsp3) is 0.286. The monoisotopic (exact) mass is 325 g/mol. The first-order chi connectivity index (χ1) is 9.76. The van der Waals surface area contributed by atoms with E-state index >= 15 is 0 Å². The number of alkyl halides is 1. The molecule has 2 heterocycles. The van der Waals surface area contributed by atoms with Gasteiger partial charge in [-0.25, -0.2) is 9.97 Å². The van der Waals surface area contributed by atoms with Crippen molar-refractivity contribution in [3.63, 3.8) is 0 Å². The fourth-order valence-electron chi connectivity index (χ4n) is 2.45. The number of halogens is 2. The number of fused-ring (bicyclic) bond motifs is 1. The predicted octanol–water partition coefficient (Wildman–Crippen LogP) is 4.88. The van der Waals surface area contributed by atoms with Crippen molar-refractivity contribution in [3.8, 4) is 0 Å². The van der Waals surface area contributed by atoms with Gasteiger partial charge < -0.3 is 4.57 Å². The molecule has 0 bridgehead atoms. The normalized spacial score (nSPS) is 12.9. The maximum Gasteiger partial charge on any atom is 0.125 e. The molecule has 1 unspecified atom stereocenters. The van der Waals surface area contributed by atoms with E-state index < -0.39 is 0 Å². The second kappa shape index (κ2) is 5.72. The SMILES string of the molecule is CCC(c1nccs1)n1c(CCl)nc2cccc(Cl)c21. The van der Waals surface area contributed by atoms with E-state index in [1.165, 1.54) is 0 Å². The van der Waals surface area contributed by atoms with Crippen LogP contribution >= 0.6 is 34.5 Å². The van der Waals surface area contributed by atoms with Crippen LogP contribution in [0.1, 0.15) is 30.2 Å². The van der Waals surface area contributed by atoms with Crippen LogP contribution in [0.4, 0.5) is 0 Å². The molecule has 2 aromatic heterocycles. The summed E-state index contributed by atoms with van der Waals surface area (Å²) in [5.74, 6) is 1.18. The lowest BCUT2D eigenvalue weighted by molar-refractivity contribution is 0.562. The van der Waals surface area contributed by atoms with Gasteiger partial charge in [0.2, 0.25) is 0 Å². The topological polar surface area (TPSA) is 30.7 Å². The minimum absolute atomic E-state index is 0.119. The van der Waals surface area contributed by atoms with Crippen molar-refractivity contribution in [2.75, 3.05) is 0 Å². The average Bonchev–Trinajstić information content (AvgIpc) is 3.08. The maximum atomic E-state index is 6.37. The summed E-state index contributed by atoms with van der Waals surface area (Å²) < 4.78 is 2.13. The van der Waals surface area contributed by atoms with Crippen LogP contribution in [0, 0.1) is 0 Å². The molecule has 3 nitrogen and oxygen atoms in total. The zero-order valence-electron chi connectivity index (χ0n) is 10.9. The summed E-state index contributed by atoms with van der Waals surface area (Å²) in [7, 11) is 0. The summed E-state index contributed by atoms with van der Waals surface area (Å²) in [4.78, 5) is 9.03. The first-order valence-corrected chi connectivity index (χ1v) is 8.16. The molecule has 3 aromatic rings. The Morgan fingerprint density at radius 2 is 2.25 bits per heavy atom. The first kappa shape index (κ1) is 13.9. The molecule has 0 spiro atoms. The molecule has 0 amide bonds. The molecule has 0 aliphatic heterocycles. The van der Waals surface area contributed by atoms with Crippen molar-refractivity contribution in [3.05, 3.63) is 45.6 Å². The van der Waals surface area contributed by atoms with E-state index in [4.69, 9.17) is 23.2 Å². The number of benzene rings is 1. The highest BCUT2D eigenvalue weighted by Gasteiger charge is 2.22. The van der Waals surface area contributed by atoms with Crippen molar-refractivity contribution in [2.24, 2.45) is 0 Å². The smallest absolute Gasteiger partial charge is 0.125 e. The number of hydrogen-bond donors (Lipinski definition) is 0. The number of aromatic nitrogens is 3. The van der Waals surface area contributed by atoms with Gasteiger partial charge in [0.1, 0.15) is 10.8 Å². The van der Waals surface area contributed by atoms with Crippen molar-refractivity contribution >= 4 is 45.6 Å². The Balaban J connectivity index is 2.28. The van der Waals surface area contributed by atoms with Crippen molar-refractivity contribution in [1.29, 1.82) is 0 Å². The van der Waals surface area contributed by atoms with Gasteiger partial charge in [-0.05, 0) is 18.6 Å². The third-order valence-electron chi connectivity index (χ3n) is 3.29. The van der Waals surface area contributed by atoms with E-state index in [0.29, 0.717) is 10.9 Å². The third kappa shape index (κ3) is 2.22. The Bertz CT molecular complexity index is 721. The average molecular weight is 326 g/mol. The Morgan fingerprint density at radius 3 is 2.90 bits per heavy atom. The van der Waals surface area contributed by atoms with Gasteiger partial charge in [0.15, 0.2) is 0 Å². The lowest BCUT2D eigenvalue weighted by Gasteiger charge is -2.18. The molecular formula is C14H13Cl2N3S. The highest BCUT2D eigenvalue weighted by Crippen LogP contribution is 2.33. The molecule has 0 N–H and O–H groups in total. The van der Waals surface area contributed by atoms with Crippen molar-refractivity contribution in [1.82, 2.24) is 14.5 Å². The number of rotatable bonds is 4. The Morgan fingerprint density at radius 1 is 1.40 bits per heavy atom. The molecule has 1 atom stereocenters. The van der Waals surface area contributed by atoms with E-state index in [9.17, 15) is 0 Å². The maximum absolute atomic E-state index is 6.37. The zero-order chi connectivity index (χ0) is 14.1.